The molecule has 1 spiro atoms. The van der Waals surface area contributed by atoms with Crippen LogP contribution >= 0.6 is 11.3 Å². The third kappa shape index (κ3) is 2.61. The van der Waals surface area contributed by atoms with E-state index in [-0.39, 0.29) is 11.6 Å². The number of hydrogen-bond acceptors (Lipinski definition) is 3. The highest BCUT2D eigenvalue weighted by Gasteiger charge is 2.41. The Morgan fingerprint density at radius 3 is 3.00 bits per heavy atom. The maximum Gasteiger partial charge on any atom is 0.0686 e. The molecule has 1 saturated carbocycles. The van der Waals surface area contributed by atoms with Gasteiger partial charge in [0.2, 0.25) is 0 Å². The summed E-state index contributed by atoms with van der Waals surface area (Å²) in [7, 11) is 0. The van der Waals surface area contributed by atoms with Crippen molar-refractivity contribution in [3.8, 4) is 0 Å². The molecule has 0 radical (unpaired) electrons. The highest BCUT2D eigenvalue weighted by molar-refractivity contribution is 7.10. The normalized spacial score (nSPS) is 27.8. The van der Waals surface area contributed by atoms with Gasteiger partial charge in [0.25, 0.3) is 0 Å². The van der Waals surface area contributed by atoms with Crippen molar-refractivity contribution in [2.45, 2.75) is 63.5 Å². The zero-order valence-corrected chi connectivity index (χ0v) is 12.7. The van der Waals surface area contributed by atoms with Gasteiger partial charge in [0.1, 0.15) is 0 Å². The molecule has 2 nitrogen and oxygen atoms in total. The number of aryl methyl sites for hydroxylation is 1. The van der Waals surface area contributed by atoms with Crippen molar-refractivity contribution in [1.29, 1.82) is 0 Å². The van der Waals surface area contributed by atoms with E-state index >= 15 is 0 Å². The Morgan fingerprint density at radius 2 is 2.26 bits per heavy atom. The quantitative estimate of drug-likeness (QED) is 0.906. The fraction of sp³-hybridized carbons (Fsp3) is 0.750. The molecule has 2 fully saturated rings. The first-order chi connectivity index (χ1) is 9.24. The minimum atomic E-state index is 0.185. The smallest absolute Gasteiger partial charge is 0.0686 e. The Morgan fingerprint density at radius 1 is 1.47 bits per heavy atom. The molecule has 2 heterocycles. The van der Waals surface area contributed by atoms with Crippen molar-refractivity contribution in [3.05, 3.63) is 21.9 Å². The third-order valence-electron chi connectivity index (χ3n) is 5.02. The Kier molecular flexibility index (Phi) is 3.97. The molecular formula is C16H25NOS. The van der Waals surface area contributed by atoms with Gasteiger partial charge in [-0.25, -0.2) is 0 Å². The van der Waals surface area contributed by atoms with Gasteiger partial charge in [0.05, 0.1) is 5.60 Å². The summed E-state index contributed by atoms with van der Waals surface area (Å²) < 4.78 is 6.13. The largest absolute Gasteiger partial charge is 0.375 e. The molecule has 0 amide bonds. The second-order valence-corrected chi connectivity index (χ2v) is 7.13. The number of nitrogens with two attached hydrogens (primary N) is 1. The molecule has 2 unspecified atom stereocenters. The van der Waals surface area contributed by atoms with Crippen LogP contribution in [0.15, 0.2) is 11.4 Å². The fourth-order valence-corrected chi connectivity index (χ4v) is 4.98. The standard InChI is InChI=1S/C16H25NOS/c1-2-12-6-10-19-15(12)14(17)13-5-9-18-16(11-13)7-3-4-8-16/h6,10,13-14H,2-5,7-9,11,17H2,1H3. The lowest BCUT2D eigenvalue weighted by molar-refractivity contribution is -0.0962. The van der Waals surface area contributed by atoms with Crippen LogP contribution in [0.2, 0.25) is 0 Å². The first-order valence-electron chi connectivity index (χ1n) is 7.70. The van der Waals surface area contributed by atoms with Gasteiger partial charge in [-0.2, -0.15) is 0 Å². The minimum absolute atomic E-state index is 0.185. The second kappa shape index (κ2) is 5.55. The summed E-state index contributed by atoms with van der Waals surface area (Å²) in [4.78, 5) is 1.42. The van der Waals surface area contributed by atoms with E-state index in [1.807, 2.05) is 11.3 Å². The van der Waals surface area contributed by atoms with E-state index in [1.54, 1.807) is 0 Å². The van der Waals surface area contributed by atoms with Gasteiger partial charge >= 0.3 is 0 Å². The SMILES string of the molecule is CCc1ccsc1C(N)C1CCOC2(CCCC2)C1. The number of ether oxygens (including phenoxy) is 1. The molecule has 3 heteroatoms. The first kappa shape index (κ1) is 13.6. The number of thiophene rings is 1. The minimum Gasteiger partial charge on any atom is -0.375 e. The van der Waals surface area contributed by atoms with Gasteiger partial charge in [-0.3, -0.25) is 0 Å². The average Bonchev–Trinajstić information content (AvgIpc) is 3.07. The van der Waals surface area contributed by atoms with Crippen LogP contribution in [0.1, 0.15) is 61.9 Å². The fourth-order valence-electron chi connectivity index (χ4n) is 3.89. The van der Waals surface area contributed by atoms with E-state index < -0.39 is 0 Å². The van der Waals surface area contributed by atoms with E-state index in [9.17, 15) is 0 Å². The van der Waals surface area contributed by atoms with Gasteiger partial charge in [0, 0.05) is 17.5 Å². The summed E-state index contributed by atoms with van der Waals surface area (Å²) in [5, 5.41) is 2.19. The highest BCUT2D eigenvalue weighted by Crippen LogP contribution is 2.45. The van der Waals surface area contributed by atoms with Crippen LogP contribution in [0.4, 0.5) is 0 Å². The van der Waals surface area contributed by atoms with Gasteiger partial charge in [-0.1, -0.05) is 19.8 Å². The zero-order valence-electron chi connectivity index (χ0n) is 11.9. The van der Waals surface area contributed by atoms with Crippen molar-refractivity contribution in [1.82, 2.24) is 0 Å². The van der Waals surface area contributed by atoms with E-state index in [0.29, 0.717) is 5.92 Å². The summed E-state index contributed by atoms with van der Waals surface area (Å²) in [6, 6.07) is 2.46. The van der Waals surface area contributed by atoms with Crippen molar-refractivity contribution in [3.63, 3.8) is 0 Å². The maximum absolute atomic E-state index is 6.60. The van der Waals surface area contributed by atoms with Gasteiger partial charge in [0.15, 0.2) is 0 Å². The molecular weight excluding hydrogens is 254 g/mol. The molecule has 1 aromatic heterocycles. The lowest BCUT2D eigenvalue weighted by Gasteiger charge is -2.40. The lowest BCUT2D eigenvalue weighted by atomic mass is 9.80. The molecule has 0 aromatic carbocycles. The summed E-state index contributed by atoms with van der Waals surface area (Å²) in [6.45, 7) is 3.13. The predicted molar refractivity (Wildman–Crippen MR) is 80.5 cm³/mol. The van der Waals surface area contributed by atoms with Crippen molar-refractivity contribution in [2.75, 3.05) is 6.61 Å². The predicted octanol–water partition coefficient (Wildman–Crippen LogP) is 4.05. The molecule has 1 aromatic rings. The molecule has 3 rings (SSSR count). The zero-order chi connectivity index (χ0) is 13.3. The Bertz CT molecular complexity index is 422. The molecule has 2 atom stereocenters. The molecule has 2 N–H and O–H groups in total. The highest BCUT2D eigenvalue weighted by atomic mass is 32.1. The summed E-state index contributed by atoms with van der Waals surface area (Å²) >= 11 is 1.84. The van der Waals surface area contributed by atoms with Crippen LogP contribution in [0.3, 0.4) is 0 Å². The van der Waals surface area contributed by atoms with Gasteiger partial charge in [-0.15, -0.1) is 11.3 Å². The Hall–Kier alpha value is -0.380. The van der Waals surface area contributed by atoms with Crippen LogP contribution < -0.4 is 5.73 Å². The molecule has 106 valence electrons. The van der Waals surface area contributed by atoms with Gasteiger partial charge in [-0.05, 0) is 55.0 Å². The summed E-state index contributed by atoms with van der Waals surface area (Å²) in [5.41, 5.74) is 8.23. The average molecular weight is 279 g/mol. The number of hydrogen-bond donors (Lipinski definition) is 1. The molecule has 1 aliphatic carbocycles. The van der Waals surface area contributed by atoms with E-state index in [0.717, 1.165) is 19.4 Å². The molecule has 0 bridgehead atoms. The molecule has 1 aliphatic heterocycles. The summed E-state index contributed by atoms with van der Waals surface area (Å²) in [6.07, 6.45) is 8.57. The number of rotatable bonds is 3. The maximum atomic E-state index is 6.60. The molecule has 2 aliphatic rings. The van der Waals surface area contributed by atoms with E-state index in [2.05, 4.69) is 18.4 Å². The van der Waals surface area contributed by atoms with Crippen molar-refractivity contribution in [2.24, 2.45) is 11.7 Å². The van der Waals surface area contributed by atoms with Crippen LogP contribution in [-0.4, -0.2) is 12.2 Å². The monoisotopic (exact) mass is 279 g/mol. The molecule has 1 saturated heterocycles. The lowest BCUT2D eigenvalue weighted by Crippen LogP contribution is -2.40. The van der Waals surface area contributed by atoms with Crippen LogP contribution in [0.5, 0.6) is 0 Å². The second-order valence-electron chi connectivity index (χ2n) is 6.18. The van der Waals surface area contributed by atoms with Crippen LogP contribution in [0, 0.1) is 5.92 Å². The molecule has 19 heavy (non-hydrogen) atoms. The van der Waals surface area contributed by atoms with Crippen LogP contribution in [-0.2, 0) is 11.2 Å². The van der Waals surface area contributed by atoms with Crippen LogP contribution in [0.25, 0.3) is 0 Å². The van der Waals surface area contributed by atoms with Crippen molar-refractivity contribution >= 4 is 11.3 Å². The van der Waals surface area contributed by atoms with Crippen molar-refractivity contribution < 1.29 is 4.74 Å². The summed E-state index contributed by atoms with van der Waals surface area (Å²) in [5.74, 6) is 0.607. The Balaban J connectivity index is 1.74. The van der Waals surface area contributed by atoms with Gasteiger partial charge < -0.3 is 10.5 Å². The van der Waals surface area contributed by atoms with E-state index in [4.69, 9.17) is 10.5 Å². The Labute approximate surface area is 120 Å². The van der Waals surface area contributed by atoms with E-state index in [1.165, 1.54) is 42.5 Å². The third-order valence-corrected chi connectivity index (χ3v) is 6.08. The topological polar surface area (TPSA) is 35.2 Å². The first-order valence-corrected chi connectivity index (χ1v) is 8.58.